The topological polar surface area (TPSA) is 83.5 Å². The van der Waals surface area contributed by atoms with E-state index in [9.17, 15) is 13.2 Å². The summed E-state index contributed by atoms with van der Waals surface area (Å²) in [5.41, 5.74) is 0. The van der Waals surface area contributed by atoms with Gasteiger partial charge in [0.05, 0.1) is 0 Å². The predicted molar refractivity (Wildman–Crippen MR) is 68.4 cm³/mol. The Morgan fingerprint density at radius 1 is 1.44 bits per heavy atom. The van der Waals surface area contributed by atoms with Crippen LogP contribution in [0.5, 0.6) is 0 Å². The molecule has 7 heteroatoms. The standard InChI is InChI=1S/C11H15NO4S2/c1-7-3-2-4-8(7)12-18(15,16)10-6-5-9(17-10)11(13)14/h5-8,12H,2-4H2,1H3,(H,13,14). The maximum absolute atomic E-state index is 12.1. The molecule has 1 aromatic rings. The van der Waals surface area contributed by atoms with Gasteiger partial charge in [0.25, 0.3) is 0 Å². The van der Waals surface area contributed by atoms with Crippen LogP contribution in [0.2, 0.25) is 0 Å². The zero-order valence-corrected chi connectivity index (χ0v) is 11.6. The SMILES string of the molecule is CC1CCCC1NS(=O)(=O)c1ccc(C(=O)O)s1. The van der Waals surface area contributed by atoms with E-state index in [0.717, 1.165) is 30.6 Å². The first-order chi connectivity index (χ1) is 8.40. The Kier molecular flexibility index (Phi) is 3.74. The fraction of sp³-hybridized carbons (Fsp3) is 0.545. The second-order valence-corrected chi connectivity index (χ2v) is 7.58. The Labute approximate surface area is 110 Å². The van der Waals surface area contributed by atoms with E-state index in [4.69, 9.17) is 5.11 Å². The number of hydrogen-bond donors (Lipinski definition) is 2. The van der Waals surface area contributed by atoms with Crippen molar-refractivity contribution in [2.75, 3.05) is 0 Å². The van der Waals surface area contributed by atoms with E-state index in [1.807, 2.05) is 6.92 Å². The van der Waals surface area contributed by atoms with Gasteiger partial charge in [0.1, 0.15) is 9.09 Å². The Morgan fingerprint density at radius 3 is 2.67 bits per heavy atom. The molecule has 2 unspecified atom stereocenters. The molecule has 1 heterocycles. The number of carbonyl (C=O) groups is 1. The lowest BCUT2D eigenvalue weighted by Crippen LogP contribution is -2.35. The smallest absolute Gasteiger partial charge is 0.345 e. The number of sulfonamides is 1. The van der Waals surface area contributed by atoms with Crippen molar-refractivity contribution in [3.63, 3.8) is 0 Å². The van der Waals surface area contributed by atoms with Crippen LogP contribution in [0, 0.1) is 5.92 Å². The zero-order chi connectivity index (χ0) is 13.3. The summed E-state index contributed by atoms with van der Waals surface area (Å²) in [4.78, 5) is 10.8. The molecule has 0 aromatic carbocycles. The van der Waals surface area contributed by atoms with Crippen molar-refractivity contribution in [2.45, 2.75) is 36.4 Å². The van der Waals surface area contributed by atoms with Gasteiger partial charge in [-0.05, 0) is 30.9 Å². The van der Waals surface area contributed by atoms with E-state index in [1.54, 1.807) is 0 Å². The lowest BCUT2D eigenvalue weighted by Gasteiger charge is -2.16. The highest BCUT2D eigenvalue weighted by molar-refractivity contribution is 7.91. The molecule has 0 spiro atoms. The van der Waals surface area contributed by atoms with Crippen LogP contribution in [0.4, 0.5) is 0 Å². The van der Waals surface area contributed by atoms with Gasteiger partial charge in [-0.15, -0.1) is 11.3 Å². The van der Waals surface area contributed by atoms with Gasteiger partial charge in [-0.1, -0.05) is 13.3 Å². The van der Waals surface area contributed by atoms with E-state index in [0.29, 0.717) is 5.92 Å². The summed E-state index contributed by atoms with van der Waals surface area (Å²) in [5, 5.41) is 8.79. The molecule has 2 N–H and O–H groups in total. The van der Waals surface area contributed by atoms with E-state index in [2.05, 4.69) is 4.72 Å². The Balaban J connectivity index is 2.17. The molecule has 1 aliphatic carbocycles. The summed E-state index contributed by atoms with van der Waals surface area (Å²) in [7, 11) is -3.58. The molecule has 100 valence electrons. The van der Waals surface area contributed by atoms with Crippen LogP contribution in [0.3, 0.4) is 0 Å². The summed E-state index contributed by atoms with van der Waals surface area (Å²) >= 11 is 0.783. The van der Waals surface area contributed by atoms with Crippen LogP contribution in [-0.2, 0) is 10.0 Å². The third kappa shape index (κ3) is 2.73. The summed E-state index contributed by atoms with van der Waals surface area (Å²) in [6.07, 6.45) is 2.90. The van der Waals surface area contributed by atoms with Gasteiger partial charge >= 0.3 is 5.97 Å². The Hall–Kier alpha value is -0.920. The van der Waals surface area contributed by atoms with Crippen LogP contribution >= 0.6 is 11.3 Å². The Bertz CT molecular complexity index is 549. The summed E-state index contributed by atoms with van der Waals surface area (Å²) < 4.78 is 26.9. The van der Waals surface area contributed by atoms with Gasteiger partial charge in [-0.2, -0.15) is 0 Å². The number of thiophene rings is 1. The van der Waals surface area contributed by atoms with Crippen LogP contribution in [0.15, 0.2) is 16.3 Å². The molecular weight excluding hydrogens is 274 g/mol. The fourth-order valence-corrected chi connectivity index (χ4v) is 4.70. The first-order valence-corrected chi connectivity index (χ1v) is 8.05. The lowest BCUT2D eigenvalue weighted by molar-refractivity contribution is 0.0702. The number of rotatable bonds is 4. The number of hydrogen-bond acceptors (Lipinski definition) is 4. The zero-order valence-electron chi connectivity index (χ0n) is 9.92. The molecule has 2 atom stereocenters. The summed E-state index contributed by atoms with van der Waals surface area (Å²) in [5.74, 6) is -0.769. The summed E-state index contributed by atoms with van der Waals surface area (Å²) in [6.45, 7) is 2.03. The lowest BCUT2D eigenvalue weighted by atomic mass is 10.1. The molecule has 1 aromatic heterocycles. The average molecular weight is 289 g/mol. The summed E-state index contributed by atoms with van der Waals surface area (Å²) in [6, 6.07) is 2.63. The van der Waals surface area contributed by atoms with Crippen molar-refractivity contribution in [1.29, 1.82) is 0 Å². The largest absolute Gasteiger partial charge is 0.477 e. The highest BCUT2D eigenvalue weighted by atomic mass is 32.2. The minimum absolute atomic E-state index is 0.0367. The number of aromatic carboxylic acids is 1. The molecule has 0 bridgehead atoms. The van der Waals surface area contributed by atoms with E-state index >= 15 is 0 Å². The normalized spacial score (nSPS) is 24.3. The molecule has 5 nitrogen and oxygen atoms in total. The molecule has 0 aliphatic heterocycles. The molecule has 0 amide bonds. The van der Waals surface area contributed by atoms with Crippen molar-refractivity contribution < 1.29 is 18.3 Å². The third-order valence-electron chi connectivity index (χ3n) is 3.22. The van der Waals surface area contributed by atoms with E-state index in [1.165, 1.54) is 12.1 Å². The molecular formula is C11H15NO4S2. The van der Waals surface area contributed by atoms with Gasteiger partial charge in [-0.3, -0.25) is 0 Å². The molecule has 18 heavy (non-hydrogen) atoms. The van der Waals surface area contributed by atoms with Gasteiger partial charge in [0, 0.05) is 6.04 Å². The van der Waals surface area contributed by atoms with Crippen LogP contribution in [-0.4, -0.2) is 25.5 Å². The van der Waals surface area contributed by atoms with Gasteiger partial charge in [0.2, 0.25) is 10.0 Å². The predicted octanol–water partition coefficient (Wildman–Crippen LogP) is 1.91. The first kappa shape index (κ1) is 13.5. The number of nitrogens with one attached hydrogen (secondary N) is 1. The Morgan fingerprint density at radius 2 is 2.17 bits per heavy atom. The minimum Gasteiger partial charge on any atom is -0.477 e. The number of carboxylic acids is 1. The monoisotopic (exact) mass is 289 g/mol. The highest BCUT2D eigenvalue weighted by Gasteiger charge is 2.29. The van der Waals surface area contributed by atoms with Crippen LogP contribution in [0.1, 0.15) is 35.9 Å². The van der Waals surface area contributed by atoms with Crippen molar-refractivity contribution in [3.05, 3.63) is 17.0 Å². The third-order valence-corrected chi connectivity index (χ3v) is 6.28. The second-order valence-electron chi connectivity index (χ2n) is 4.56. The van der Waals surface area contributed by atoms with Gasteiger partial charge in [0.15, 0.2) is 0 Å². The highest BCUT2D eigenvalue weighted by Crippen LogP contribution is 2.28. The van der Waals surface area contributed by atoms with Gasteiger partial charge < -0.3 is 5.11 Å². The minimum atomic E-state index is -3.58. The molecule has 1 fully saturated rings. The van der Waals surface area contributed by atoms with Crippen LogP contribution < -0.4 is 4.72 Å². The van der Waals surface area contributed by atoms with Crippen molar-refractivity contribution >= 4 is 27.3 Å². The second kappa shape index (κ2) is 4.99. The maximum atomic E-state index is 12.1. The first-order valence-electron chi connectivity index (χ1n) is 5.75. The maximum Gasteiger partial charge on any atom is 0.345 e. The van der Waals surface area contributed by atoms with Crippen molar-refractivity contribution in [3.8, 4) is 0 Å². The van der Waals surface area contributed by atoms with Gasteiger partial charge in [-0.25, -0.2) is 17.9 Å². The van der Waals surface area contributed by atoms with Crippen molar-refractivity contribution in [2.24, 2.45) is 5.92 Å². The molecule has 2 rings (SSSR count). The molecule has 1 aliphatic rings. The average Bonchev–Trinajstić information content (AvgIpc) is 2.88. The quantitative estimate of drug-likeness (QED) is 0.887. The molecule has 0 saturated heterocycles. The molecule has 0 radical (unpaired) electrons. The van der Waals surface area contributed by atoms with E-state index in [-0.39, 0.29) is 15.1 Å². The van der Waals surface area contributed by atoms with E-state index < -0.39 is 16.0 Å². The van der Waals surface area contributed by atoms with Crippen LogP contribution in [0.25, 0.3) is 0 Å². The number of carboxylic acid groups (broad SMARTS) is 1. The van der Waals surface area contributed by atoms with Crippen molar-refractivity contribution in [1.82, 2.24) is 4.72 Å². The fourth-order valence-electron chi connectivity index (χ4n) is 2.16. The molecule has 1 saturated carbocycles.